The van der Waals surface area contributed by atoms with Gasteiger partial charge < -0.3 is 9.42 Å². The highest BCUT2D eigenvalue weighted by atomic mass is 16.5. The zero-order valence-corrected chi connectivity index (χ0v) is 12.2. The molecule has 3 rings (SSSR count). The van der Waals surface area contributed by atoms with Crippen LogP contribution < -0.4 is 0 Å². The molecular weight excluding hydrogens is 266 g/mol. The summed E-state index contributed by atoms with van der Waals surface area (Å²) in [6, 6.07) is 7.76. The summed E-state index contributed by atoms with van der Waals surface area (Å²) < 4.78 is 5.15. The second-order valence-corrected chi connectivity index (χ2v) is 5.46. The van der Waals surface area contributed by atoms with Gasteiger partial charge in [0, 0.05) is 18.8 Å². The van der Waals surface area contributed by atoms with Crippen molar-refractivity contribution >= 4 is 5.91 Å². The van der Waals surface area contributed by atoms with Crippen molar-refractivity contribution in [3.63, 3.8) is 0 Å². The molecule has 0 aliphatic carbocycles. The van der Waals surface area contributed by atoms with Crippen molar-refractivity contribution in [3.8, 4) is 0 Å². The molecule has 110 valence electrons. The van der Waals surface area contributed by atoms with Crippen LogP contribution in [0.2, 0.25) is 0 Å². The van der Waals surface area contributed by atoms with E-state index in [0.717, 1.165) is 37.2 Å². The van der Waals surface area contributed by atoms with Gasteiger partial charge in [0.25, 0.3) is 0 Å². The number of nitrogens with zero attached hydrogens (tertiary/aromatic N) is 3. The highest BCUT2D eigenvalue weighted by Crippen LogP contribution is 2.30. The van der Waals surface area contributed by atoms with Crippen molar-refractivity contribution in [2.75, 3.05) is 6.54 Å². The van der Waals surface area contributed by atoms with Gasteiger partial charge in [-0.15, -0.1) is 0 Å². The number of rotatable bonds is 3. The minimum Gasteiger partial charge on any atom is -0.361 e. The number of amides is 1. The smallest absolute Gasteiger partial charge is 0.230 e. The fraction of sp³-hybridized carbons (Fsp3) is 0.438. The third kappa shape index (κ3) is 3.12. The van der Waals surface area contributed by atoms with Gasteiger partial charge in [-0.3, -0.25) is 9.78 Å². The molecule has 1 amide bonds. The van der Waals surface area contributed by atoms with E-state index in [2.05, 4.69) is 10.1 Å². The number of piperidine rings is 1. The first-order valence-electron chi connectivity index (χ1n) is 7.36. The molecule has 0 aromatic carbocycles. The van der Waals surface area contributed by atoms with E-state index in [1.807, 2.05) is 36.1 Å². The Kier molecular flexibility index (Phi) is 3.99. The molecule has 0 radical (unpaired) electrons. The Morgan fingerprint density at radius 2 is 2.33 bits per heavy atom. The van der Waals surface area contributed by atoms with E-state index in [9.17, 15) is 4.79 Å². The molecule has 0 spiro atoms. The molecule has 0 unspecified atom stereocenters. The summed E-state index contributed by atoms with van der Waals surface area (Å²) in [6.45, 7) is 2.64. The van der Waals surface area contributed by atoms with Gasteiger partial charge in [0.2, 0.25) is 5.91 Å². The zero-order valence-electron chi connectivity index (χ0n) is 12.2. The highest BCUT2D eigenvalue weighted by Gasteiger charge is 2.29. The standard InChI is InChI=1S/C16H19N3O2/c1-12-10-13(21-18-12)11-16(20)19-9-5-3-7-15(19)14-6-2-4-8-17-14/h2,4,6,8,10,15H,3,5,7,9,11H2,1H3/t15-/m0/s1. The molecule has 0 bridgehead atoms. The van der Waals surface area contributed by atoms with Crippen LogP contribution in [0.25, 0.3) is 0 Å². The number of aryl methyl sites for hydroxylation is 1. The number of carbonyl (C=O) groups is 1. The summed E-state index contributed by atoms with van der Waals surface area (Å²) in [5, 5.41) is 3.83. The molecule has 1 aliphatic heterocycles. The van der Waals surface area contributed by atoms with Gasteiger partial charge in [0.05, 0.1) is 23.9 Å². The third-order valence-electron chi connectivity index (χ3n) is 3.85. The van der Waals surface area contributed by atoms with E-state index in [1.165, 1.54) is 0 Å². The van der Waals surface area contributed by atoms with Gasteiger partial charge in [-0.2, -0.15) is 0 Å². The fourth-order valence-electron chi connectivity index (χ4n) is 2.86. The van der Waals surface area contributed by atoms with Crippen LogP contribution in [-0.4, -0.2) is 27.5 Å². The molecule has 0 N–H and O–H groups in total. The Labute approximate surface area is 124 Å². The Hall–Kier alpha value is -2.17. The predicted octanol–water partition coefficient (Wildman–Crippen LogP) is 2.67. The normalized spacial score (nSPS) is 18.7. The molecule has 3 heterocycles. The summed E-state index contributed by atoms with van der Waals surface area (Å²) in [5.41, 5.74) is 1.78. The van der Waals surface area contributed by atoms with E-state index in [0.29, 0.717) is 5.76 Å². The molecule has 1 saturated heterocycles. The molecular formula is C16H19N3O2. The minimum absolute atomic E-state index is 0.0801. The Morgan fingerprint density at radius 3 is 3.05 bits per heavy atom. The number of likely N-dealkylation sites (tertiary alicyclic amines) is 1. The third-order valence-corrected chi connectivity index (χ3v) is 3.85. The highest BCUT2D eigenvalue weighted by molar-refractivity contribution is 5.78. The quantitative estimate of drug-likeness (QED) is 0.870. The summed E-state index contributed by atoms with van der Waals surface area (Å²) >= 11 is 0. The molecule has 5 heteroatoms. The predicted molar refractivity (Wildman–Crippen MR) is 77.5 cm³/mol. The van der Waals surface area contributed by atoms with Crippen LogP contribution in [0.4, 0.5) is 0 Å². The van der Waals surface area contributed by atoms with Crippen LogP contribution in [0.5, 0.6) is 0 Å². The largest absolute Gasteiger partial charge is 0.361 e. The Morgan fingerprint density at radius 1 is 1.43 bits per heavy atom. The van der Waals surface area contributed by atoms with Gasteiger partial charge >= 0.3 is 0 Å². The van der Waals surface area contributed by atoms with Gasteiger partial charge in [-0.25, -0.2) is 0 Å². The fourth-order valence-corrected chi connectivity index (χ4v) is 2.86. The maximum atomic E-state index is 12.6. The first kappa shape index (κ1) is 13.8. The lowest BCUT2D eigenvalue weighted by molar-refractivity contribution is -0.134. The van der Waals surface area contributed by atoms with Crippen LogP contribution >= 0.6 is 0 Å². The lowest BCUT2D eigenvalue weighted by atomic mass is 9.98. The minimum atomic E-state index is 0.0801. The average molecular weight is 285 g/mol. The van der Waals surface area contributed by atoms with Crippen molar-refractivity contribution in [2.24, 2.45) is 0 Å². The van der Waals surface area contributed by atoms with Gasteiger partial charge in [-0.05, 0) is 38.3 Å². The van der Waals surface area contributed by atoms with Crippen LogP contribution in [0.15, 0.2) is 35.0 Å². The second-order valence-electron chi connectivity index (χ2n) is 5.46. The number of carbonyl (C=O) groups excluding carboxylic acids is 1. The first-order valence-corrected chi connectivity index (χ1v) is 7.36. The molecule has 0 saturated carbocycles. The van der Waals surface area contributed by atoms with Gasteiger partial charge in [0.1, 0.15) is 5.76 Å². The lowest BCUT2D eigenvalue weighted by Crippen LogP contribution is -2.39. The van der Waals surface area contributed by atoms with Crippen molar-refractivity contribution in [3.05, 3.63) is 47.6 Å². The molecule has 1 aliphatic rings. The summed E-state index contributed by atoms with van der Waals surface area (Å²) in [6.07, 6.45) is 5.20. The van der Waals surface area contributed by atoms with Crippen molar-refractivity contribution in [1.82, 2.24) is 15.0 Å². The van der Waals surface area contributed by atoms with E-state index in [1.54, 1.807) is 6.20 Å². The molecule has 21 heavy (non-hydrogen) atoms. The number of aromatic nitrogens is 2. The average Bonchev–Trinajstić information content (AvgIpc) is 2.93. The maximum absolute atomic E-state index is 12.6. The molecule has 2 aromatic rings. The van der Waals surface area contributed by atoms with Crippen LogP contribution in [-0.2, 0) is 11.2 Å². The first-order chi connectivity index (χ1) is 10.2. The van der Waals surface area contributed by atoms with E-state index in [4.69, 9.17) is 4.52 Å². The molecule has 5 nitrogen and oxygen atoms in total. The van der Waals surface area contributed by atoms with Gasteiger partial charge in [0.15, 0.2) is 0 Å². The summed E-state index contributed by atoms with van der Waals surface area (Å²) in [5.74, 6) is 0.712. The molecule has 1 atom stereocenters. The molecule has 2 aromatic heterocycles. The summed E-state index contributed by atoms with van der Waals surface area (Å²) in [4.78, 5) is 18.9. The zero-order chi connectivity index (χ0) is 14.7. The number of hydrogen-bond acceptors (Lipinski definition) is 4. The summed E-state index contributed by atoms with van der Waals surface area (Å²) in [7, 11) is 0. The van der Waals surface area contributed by atoms with Crippen LogP contribution in [0.1, 0.15) is 42.5 Å². The van der Waals surface area contributed by atoms with E-state index < -0.39 is 0 Å². The Balaban J connectivity index is 1.76. The van der Waals surface area contributed by atoms with Crippen molar-refractivity contribution < 1.29 is 9.32 Å². The topological polar surface area (TPSA) is 59.2 Å². The van der Waals surface area contributed by atoms with Crippen molar-refractivity contribution in [1.29, 1.82) is 0 Å². The van der Waals surface area contributed by atoms with E-state index in [-0.39, 0.29) is 18.4 Å². The van der Waals surface area contributed by atoms with Crippen molar-refractivity contribution in [2.45, 2.75) is 38.6 Å². The lowest BCUT2D eigenvalue weighted by Gasteiger charge is -2.35. The SMILES string of the molecule is Cc1cc(CC(=O)N2CCCC[C@H]2c2ccccn2)on1. The maximum Gasteiger partial charge on any atom is 0.230 e. The monoisotopic (exact) mass is 285 g/mol. The molecule has 1 fully saturated rings. The van der Waals surface area contributed by atoms with Crippen LogP contribution in [0, 0.1) is 6.92 Å². The van der Waals surface area contributed by atoms with Gasteiger partial charge in [-0.1, -0.05) is 11.2 Å². The number of hydrogen-bond donors (Lipinski definition) is 0. The number of pyridine rings is 1. The second kappa shape index (κ2) is 6.08. The van der Waals surface area contributed by atoms with E-state index >= 15 is 0 Å². The Bertz CT molecular complexity index is 609. The van der Waals surface area contributed by atoms with Crippen LogP contribution in [0.3, 0.4) is 0 Å².